The molecular weight excluding hydrogens is 220 g/mol. The van der Waals surface area contributed by atoms with Gasteiger partial charge in [0.15, 0.2) is 0 Å². The number of hydrogen-bond donors (Lipinski definition) is 2. The third-order valence-electron chi connectivity index (χ3n) is 2.42. The molecule has 0 radical (unpaired) electrons. The Morgan fingerprint density at radius 1 is 1.24 bits per heavy atom. The zero-order chi connectivity index (χ0) is 12.7. The van der Waals surface area contributed by atoms with E-state index in [9.17, 15) is 0 Å². The van der Waals surface area contributed by atoms with Crippen molar-refractivity contribution in [3.8, 4) is 6.01 Å². The van der Waals surface area contributed by atoms with Gasteiger partial charge in [0.2, 0.25) is 11.9 Å². The SMILES string of the molecule is CCN(CC)CCNc1nc(N)nc(OC)n1. The average Bonchev–Trinajstić information content (AvgIpc) is 2.34. The first-order chi connectivity index (χ1) is 8.19. The lowest BCUT2D eigenvalue weighted by Gasteiger charge is -2.17. The number of likely N-dealkylation sites (N-methyl/N-ethyl adjacent to an activating group) is 1. The highest BCUT2D eigenvalue weighted by atomic mass is 16.5. The van der Waals surface area contributed by atoms with Crippen molar-refractivity contribution in [2.75, 3.05) is 44.3 Å². The first-order valence-electron chi connectivity index (χ1n) is 5.71. The van der Waals surface area contributed by atoms with Gasteiger partial charge in [0, 0.05) is 13.1 Å². The Balaban J connectivity index is 2.48. The molecule has 1 aromatic rings. The van der Waals surface area contributed by atoms with E-state index in [1.54, 1.807) is 0 Å². The predicted molar refractivity (Wildman–Crippen MR) is 67.1 cm³/mol. The smallest absolute Gasteiger partial charge is 0.322 e. The van der Waals surface area contributed by atoms with Gasteiger partial charge in [-0.15, -0.1) is 0 Å². The quantitative estimate of drug-likeness (QED) is 0.704. The summed E-state index contributed by atoms with van der Waals surface area (Å²) < 4.78 is 4.91. The highest BCUT2D eigenvalue weighted by Gasteiger charge is 2.04. The largest absolute Gasteiger partial charge is 0.467 e. The summed E-state index contributed by atoms with van der Waals surface area (Å²) >= 11 is 0. The zero-order valence-electron chi connectivity index (χ0n) is 10.6. The van der Waals surface area contributed by atoms with Crippen molar-refractivity contribution in [2.24, 2.45) is 0 Å². The molecule has 1 aromatic heterocycles. The number of aromatic nitrogens is 3. The van der Waals surface area contributed by atoms with Gasteiger partial charge >= 0.3 is 6.01 Å². The normalized spacial score (nSPS) is 10.6. The van der Waals surface area contributed by atoms with Crippen LogP contribution in [0.4, 0.5) is 11.9 Å². The van der Waals surface area contributed by atoms with Crippen LogP contribution in [-0.2, 0) is 0 Å². The van der Waals surface area contributed by atoms with E-state index >= 15 is 0 Å². The summed E-state index contributed by atoms with van der Waals surface area (Å²) in [6.45, 7) is 8.01. The van der Waals surface area contributed by atoms with E-state index in [2.05, 4.69) is 39.0 Å². The maximum atomic E-state index is 5.53. The Morgan fingerprint density at radius 2 is 1.94 bits per heavy atom. The van der Waals surface area contributed by atoms with Crippen molar-refractivity contribution in [1.29, 1.82) is 0 Å². The lowest BCUT2D eigenvalue weighted by molar-refractivity contribution is 0.315. The van der Waals surface area contributed by atoms with Crippen LogP contribution in [-0.4, -0.2) is 53.1 Å². The molecule has 96 valence electrons. The molecule has 0 aliphatic rings. The summed E-state index contributed by atoms with van der Waals surface area (Å²) in [7, 11) is 1.49. The molecule has 0 amide bonds. The maximum absolute atomic E-state index is 5.53. The van der Waals surface area contributed by atoms with Gasteiger partial charge < -0.3 is 20.7 Å². The van der Waals surface area contributed by atoms with Crippen LogP contribution in [0, 0.1) is 0 Å². The summed E-state index contributed by atoms with van der Waals surface area (Å²) in [5.41, 5.74) is 5.53. The van der Waals surface area contributed by atoms with Crippen LogP contribution < -0.4 is 15.8 Å². The first-order valence-corrected chi connectivity index (χ1v) is 5.71. The highest BCUT2D eigenvalue weighted by molar-refractivity contribution is 5.32. The fourth-order valence-electron chi connectivity index (χ4n) is 1.41. The monoisotopic (exact) mass is 240 g/mol. The molecule has 0 fully saturated rings. The number of nitrogens with two attached hydrogens (primary N) is 1. The summed E-state index contributed by atoms with van der Waals surface area (Å²) in [5.74, 6) is 0.601. The predicted octanol–water partition coefficient (Wildman–Crippen LogP) is 0.216. The average molecular weight is 240 g/mol. The van der Waals surface area contributed by atoms with Crippen molar-refractivity contribution in [3.63, 3.8) is 0 Å². The first kappa shape index (κ1) is 13.4. The number of anilines is 2. The van der Waals surface area contributed by atoms with Crippen molar-refractivity contribution in [1.82, 2.24) is 19.9 Å². The zero-order valence-corrected chi connectivity index (χ0v) is 10.6. The standard InChI is InChI=1S/C10H20N6O/c1-4-16(5-2)7-6-12-9-13-8(11)14-10(15-9)17-3/h4-7H2,1-3H3,(H3,11,12,13,14,15). The lowest BCUT2D eigenvalue weighted by Crippen LogP contribution is -2.29. The fourth-order valence-corrected chi connectivity index (χ4v) is 1.41. The Hall–Kier alpha value is -1.63. The molecule has 0 bridgehead atoms. The Labute approximate surface area is 101 Å². The number of ether oxygens (including phenoxy) is 1. The molecule has 0 saturated carbocycles. The molecule has 17 heavy (non-hydrogen) atoms. The molecule has 3 N–H and O–H groups in total. The molecule has 7 heteroatoms. The van der Waals surface area contributed by atoms with Crippen molar-refractivity contribution in [2.45, 2.75) is 13.8 Å². The molecule has 1 heterocycles. The summed E-state index contributed by atoms with van der Waals surface area (Å²) in [5, 5.41) is 3.10. The topological polar surface area (TPSA) is 89.2 Å². The number of nitrogens with zero attached hydrogens (tertiary/aromatic N) is 4. The molecule has 0 spiro atoms. The van der Waals surface area contributed by atoms with Crippen LogP contribution in [0.2, 0.25) is 0 Å². The van der Waals surface area contributed by atoms with Gasteiger partial charge in [0.1, 0.15) is 0 Å². The van der Waals surface area contributed by atoms with Crippen molar-refractivity contribution < 1.29 is 4.74 Å². The maximum Gasteiger partial charge on any atom is 0.322 e. The summed E-state index contributed by atoms with van der Waals surface area (Å²) in [6, 6.07) is 0.225. The van der Waals surface area contributed by atoms with Gasteiger partial charge in [-0.05, 0) is 13.1 Å². The fraction of sp³-hybridized carbons (Fsp3) is 0.700. The van der Waals surface area contributed by atoms with Crippen LogP contribution in [0.25, 0.3) is 0 Å². The van der Waals surface area contributed by atoms with E-state index in [4.69, 9.17) is 10.5 Å². The lowest BCUT2D eigenvalue weighted by atomic mass is 10.4. The molecule has 0 atom stereocenters. The van der Waals surface area contributed by atoms with E-state index in [0.717, 1.165) is 26.2 Å². The van der Waals surface area contributed by atoms with Crippen molar-refractivity contribution >= 4 is 11.9 Å². The second kappa shape index (κ2) is 6.85. The number of rotatable bonds is 7. The van der Waals surface area contributed by atoms with Gasteiger partial charge in [-0.25, -0.2) is 0 Å². The Morgan fingerprint density at radius 3 is 2.53 bits per heavy atom. The van der Waals surface area contributed by atoms with Crippen LogP contribution in [0.3, 0.4) is 0 Å². The highest BCUT2D eigenvalue weighted by Crippen LogP contribution is 2.07. The van der Waals surface area contributed by atoms with E-state index in [0.29, 0.717) is 5.95 Å². The molecule has 0 unspecified atom stereocenters. The molecule has 0 aliphatic heterocycles. The van der Waals surface area contributed by atoms with E-state index in [1.165, 1.54) is 7.11 Å². The van der Waals surface area contributed by atoms with Crippen LogP contribution in [0.1, 0.15) is 13.8 Å². The summed E-state index contributed by atoms with van der Waals surface area (Å²) in [6.07, 6.45) is 0. The van der Waals surface area contributed by atoms with Gasteiger partial charge in [0.25, 0.3) is 0 Å². The number of nitrogens with one attached hydrogen (secondary N) is 1. The minimum absolute atomic E-state index is 0.155. The number of nitrogen functional groups attached to an aromatic ring is 1. The van der Waals surface area contributed by atoms with E-state index < -0.39 is 0 Å². The van der Waals surface area contributed by atoms with Crippen molar-refractivity contribution in [3.05, 3.63) is 0 Å². The van der Waals surface area contributed by atoms with Gasteiger partial charge in [-0.3, -0.25) is 0 Å². The Bertz CT molecular complexity index is 342. The van der Waals surface area contributed by atoms with Gasteiger partial charge in [-0.1, -0.05) is 13.8 Å². The molecular formula is C10H20N6O. The second-order valence-corrected chi connectivity index (χ2v) is 3.46. The molecule has 7 nitrogen and oxygen atoms in total. The minimum Gasteiger partial charge on any atom is -0.467 e. The molecule has 0 aromatic carbocycles. The van der Waals surface area contributed by atoms with Crippen LogP contribution >= 0.6 is 0 Å². The third-order valence-corrected chi connectivity index (χ3v) is 2.42. The molecule has 0 saturated heterocycles. The van der Waals surface area contributed by atoms with E-state index in [1.807, 2.05) is 0 Å². The van der Waals surface area contributed by atoms with Crippen LogP contribution in [0.15, 0.2) is 0 Å². The second-order valence-electron chi connectivity index (χ2n) is 3.46. The molecule has 1 rings (SSSR count). The van der Waals surface area contributed by atoms with Crippen LogP contribution in [0.5, 0.6) is 6.01 Å². The van der Waals surface area contributed by atoms with Gasteiger partial charge in [0.05, 0.1) is 7.11 Å². The summed E-state index contributed by atoms with van der Waals surface area (Å²) in [4.78, 5) is 14.1. The van der Waals surface area contributed by atoms with E-state index in [-0.39, 0.29) is 12.0 Å². The third kappa shape index (κ3) is 4.39. The Kier molecular flexibility index (Phi) is 5.41. The number of hydrogen-bond acceptors (Lipinski definition) is 7. The number of methoxy groups -OCH3 is 1. The molecule has 0 aliphatic carbocycles. The van der Waals surface area contributed by atoms with Gasteiger partial charge in [-0.2, -0.15) is 15.0 Å². The minimum atomic E-state index is 0.155.